The van der Waals surface area contributed by atoms with Crippen molar-refractivity contribution in [1.82, 2.24) is 10.2 Å². The van der Waals surface area contributed by atoms with Crippen molar-refractivity contribution >= 4 is 5.91 Å². The van der Waals surface area contributed by atoms with Gasteiger partial charge in [-0.1, -0.05) is 37.3 Å². The first kappa shape index (κ1) is 16.5. The Bertz CT molecular complexity index is 519. The van der Waals surface area contributed by atoms with Crippen molar-refractivity contribution in [2.75, 3.05) is 19.7 Å². The Labute approximate surface area is 139 Å². The summed E-state index contributed by atoms with van der Waals surface area (Å²) in [6, 6.07) is 10.8. The van der Waals surface area contributed by atoms with E-state index < -0.39 is 0 Å². The Morgan fingerprint density at radius 1 is 1.35 bits per heavy atom. The highest BCUT2D eigenvalue weighted by atomic mass is 16.5. The van der Waals surface area contributed by atoms with E-state index in [1.165, 1.54) is 5.56 Å². The molecule has 1 amide bonds. The number of nitrogens with zero attached hydrogens (tertiary/aromatic N) is 1. The van der Waals surface area contributed by atoms with Crippen molar-refractivity contribution < 1.29 is 9.53 Å². The first-order chi connectivity index (χ1) is 11.1. The van der Waals surface area contributed by atoms with E-state index in [-0.39, 0.29) is 18.1 Å². The minimum Gasteiger partial charge on any atom is -0.368 e. The molecule has 3 rings (SSSR count). The topological polar surface area (TPSA) is 41.6 Å². The Balaban J connectivity index is 1.47. The van der Waals surface area contributed by atoms with E-state index in [2.05, 4.69) is 54.4 Å². The molecular weight excluding hydrogens is 288 g/mol. The summed E-state index contributed by atoms with van der Waals surface area (Å²) in [6.07, 6.45) is 1.88. The normalized spacial score (nSPS) is 29.6. The van der Waals surface area contributed by atoms with Gasteiger partial charge in [0.1, 0.15) is 6.10 Å². The molecule has 126 valence electrons. The number of benzene rings is 1. The zero-order chi connectivity index (χ0) is 16.2. The lowest BCUT2D eigenvalue weighted by atomic mass is 9.99. The fourth-order valence-electron chi connectivity index (χ4n) is 3.71. The highest BCUT2D eigenvalue weighted by Crippen LogP contribution is 2.23. The van der Waals surface area contributed by atoms with Crippen LogP contribution in [-0.2, 0) is 16.1 Å². The van der Waals surface area contributed by atoms with Gasteiger partial charge in [-0.3, -0.25) is 9.69 Å². The maximum atomic E-state index is 12.3. The summed E-state index contributed by atoms with van der Waals surface area (Å²) in [5.41, 5.74) is 1.36. The molecular formula is C19H28N2O2. The number of carbonyl (C=O) groups is 1. The van der Waals surface area contributed by atoms with E-state index >= 15 is 0 Å². The molecule has 4 atom stereocenters. The van der Waals surface area contributed by atoms with Crippen LogP contribution >= 0.6 is 0 Å². The molecule has 1 aromatic carbocycles. The molecule has 2 fully saturated rings. The number of hydrogen-bond donors (Lipinski definition) is 1. The fraction of sp³-hybridized carbons (Fsp3) is 0.632. The number of carbonyl (C=O) groups excluding carboxylic acids is 1. The van der Waals surface area contributed by atoms with Gasteiger partial charge < -0.3 is 10.1 Å². The highest BCUT2D eigenvalue weighted by molar-refractivity contribution is 5.81. The zero-order valence-electron chi connectivity index (χ0n) is 14.2. The SMILES string of the molecule is C[C@@H]1CCO[C@@H]1C(=O)N[C@@H](C)[C@@H]1CCN(Cc2ccccc2)C1. The molecule has 0 bridgehead atoms. The van der Waals surface area contributed by atoms with Gasteiger partial charge >= 0.3 is 0 Å². The van der Waals surface area contributed by atoms with Gasteiger partial charge in [0.05, 0.1) is 0 Å². The Kier molecular flexibility index (Phi) is 5.34. The van der Waals surface area contributed by atoms with Crippen LogP contribution < -0.4 is 5.32 Å². The predicted octanol–water partition coefficient (Wildman–Crippen LogP) is 2.44. The molecule has 0 saturated carbocycles. The minimum atomic E-state index is -0.251. The van der Waals surface area contributed by atoms with Crippen LogP contribution in [0.25, 0.3) is 0 Å². The summed E-state index contributed by atoms with van der Waals surface area (Å²) in [4.78, 5) is 14.8. The molecule has 4 heteroatoms. The van der Waals surface area contributed by atoms with Crippen molar-refractivity contribution in [3.05, 3.63) is 35.9 Å². The average Bonchev–Trinajstić information content (AvgIpc) is 3.17. The smallest absolute Gasteiger partial charge is 0.249 e. The summed E-state index contributed by atoms with van der Waals surface area (Å²) >= 11 is 0. The molecule has 23 heavy (non-hydrogen) atoms. The lowest BCUT2D eigenvalue weighted by Crippen LogP contribution is -2.45. The maximum Gasteiger partial charge on any atom is 0.249 e. The van der Waals surface area contributed by atoms with Crippen LogP contribution in [0.2, 0.25) is 0 Å². The summed E-state index contributed by atoms with van der Waals surface area (Å²) in [7, 11) is 0. The predicted molar refractivity (Wildman–Crippen MR) is 91.0 cm³/mol. The summed E-state index contributed by atoms with van der Waals surface area (Å²) in [6.45, 7) is 8.10. The molecule has 2 aliphatic rings. The lowest BCUT2D eigenvalue weighted by molar-refractivity contribution is -0.132. The molecule has 2 heterocycles. The number of rotatable bonds is 5. The van der Waals surface area contributed by atoms with E-state index in [1.807, 2.05) is 0 Å². The van der Waals surface area contributed by atoms with Crippen molar-refractivity contribution in [3.8, 4) is 0 Å². The highest BCUT2D eigenvalue weighted by Gasteiger charge is 2.34. The third-order valence-corrected chi connectivity index (χ3v) is 5.28. The summed E-state index contributed by atoms with van der Waals surface area (Å²) in [5.74, 6) is 0.934. The number of likely N-dealkylation sites (tertiary alicyclic amines) is 1. The van der Waals surface area contributed by atoms with Crippen molar-refractivity contribution in [1.29, 1.82) is 0 Å². The number of amides is 1. The quantitative estimate of drug-likeness (QED) is 0.907. The van der Waals surface area contributed by atoms with Crippen LogP contribution in [0.1, 0.15) is 32.3 Å². The molecule has 4 nitrogen and oxygen atoms in total. The molecule has 0 radical (unpaired) electrons. The van der Waals surface area contributed by atoms with Gasteiger partial charge in [-0.15, -0.1) is 0 Å². The third-order valence-electron chi connectivity index (χ3n) is 5.28. The van der Waals surface area contributed by atoms with Crippen LogP contribution in [-0.4, -0.2) is 42.6 Å². The molecule has 0 aliphatic carbocycles. The van der Waals surface area contributed by atoms with Gasteiger partial charge in [-0.2, -0.15) is 0 Å². The number of nitrogens with one attached hydrogen (secondary N) is 1. The number of hydrogen-bond acceptors (Lipinski definition) is 3. The van der Waals surface area contributed by atoms with E-state index in [9.17, 15) is 4.79 Å². The van der Waals surface area contributed by atoms with Gasteiger partial charge in [-0.25, -0.2) is 0 Å². The maximum absolute atomic E-state index is 12.3. The van der Waals surface area contributed by atoms with E-state index in [0.717, 1.165) is 32.5 Å². The summed E-state index contributed by atoms with van der Waals surface area (Å²) < 4.78 is 5.57. The molecule has 0 unspecified atom stereocenters. The Morgan fingerprint density at radius 3 is 2.83 bits per heavy atom. The number of ether oxygens (including phenoxy) is 1. The fourth-order valence-corrected chi connectivity index (χ4v) is 3.71. The van der Waals surface area contributed by atoms with Crippen LogP contribution in [0.4, 0.5) is 0 Å². The molecule has 0 aromatic heterocycles. The van der Waals surface area contributed by atoms with Gasteiger partial charge in [-0.05, 0) is 43.7 Å². The van der Waals surface area contributed by atoms with E-state index in [4.69, 9.17) is 4.74 Å². The molecule has 1 N–H and O–H groups in total. The van der Waals surface area contributed by atoms with Crippen LogP contribution in [0.3, 0.4) is 0 Å². The van der Waals surface area contributed by atoms with Crippen LogP contribution in [0, 0.1) is 11.8 Å². The Morgan fingerprint density at radius 2 is 2.13 bits per heavy atom. The zero-order valence-corrected chi connectivity index (χ0v) is 14.2. The van der Waals surface area contributed by atoms with Gasteiger partial charge in [0.25, 0.3) is 0 Å². The van der Waals surface area contributed by atoms with Crippen molar-refractivity contribution in [2.45, 2.75) is 45.4 Å². The standard InChI is InChI=1S/C19H28N2O2/c1-14-9-11-23-18(14)19(22)20-15(2)17-8-10-21(13-17)12-16-6-4-3-5-7-16/h3-7,14-15,17-18H,8-13H2,1-2H3,(H,20,22)/t14-,15+,17-,18+/m1/s1. The lowest BCUT2D eigenvalue weighted by Gasteiger charge is -2.24. The monoisotopic (exact) mass is 316 g/mol. The first-order valence-electron chi connectivity index (χ1n) is 8.81. The largest absolute Gasteiger partial charge is 0.368 e. The van der Waals surface area contributed by atoms with Gasteiger partial charge in [0, 0.05) is 25.7 Å². The van der Waals surface area contributed by atoms with Gasteiger partial charge in [0.2, 0.25) is 5.91 Å². The average molecular weight is 316 g/mol. The summed E-state index contributed by atoms with van der Waals surface area (Å²) in [5, 5.41) is 3.19. The molecule has 0 spiro atoms. The van der Waals surface area contributed by atoms with Crippen molar-refractivity contribution in [2.24, 2.45) is 11.8 Å². The molecule has 2 aliphatic heterocycles. The molecule has 2 saturated heterocycles. The van der Waals surface area contributed by atoms with Crippen LogP contribution in [0.5, 0.6) is 0 Å². The third kappa shape index (κ3) is 4.12. The Hall–Kier alpha value is -1.39. The second kappa shape index (κ2) is 7.45. The van der Waals surface area contributed by atoms with E-state index in [0.29, 0.717) is 18.4 Å². The second-order valence-corrected chi connectivity index (χ2v) is 7.12. The van der Waals surface area contributed by atoms with Crippen LogP contribution in [0.15, 0.2) is 30.3 Å². The first-order valence-corrected chi connectivity index (χ1v) is 8.81. The minimum absolute atomic E-state index is 0.0732. The second-order valence-electron chi connectivity index (χ2n) is 7.12. The van der Waals surface area contributed by atoms with E-state index in [1.54, 1.807) is 0 Å². The molecule has 1 aromatic rings. The van der Waals surface area contributed by atoms with Crippen molar-refractivity contribution in [3.63, 3.8) is 0 Å². The van der Waals surface area contributed by atoms with Gasteiger partial charge in [0.15, 0.2) is 0 Å².